The molecule has 19 heavy (non-hydrogen) atoms. The minimum absolute atomic E-state index is 0.399. The smallest absolute Gasteiger partial charge is 0.0698 e. The van der Waals surface area contributed by atoms with Crippen LogP contribution < -0.4 is 5.32 Å². The quantitative estimate of drug-likeness (QED) is 0.881. The van der Waals surface area contributed by atoms with Crippen molar-refractivity contribution in [2.45, 2.75) is 31.9 Å². The van der Waals surface area contributed by atoms with Crippen molar-refractivity contribution >= 4 is 0 Å². The molecule has 0 saturated carbocycles. The molecule has 3 heteroatoms. The molecule has 2 rings (SSSR count). The summed E-state index contributed by atoms with van der Waals surface area (Å²) >= 11 is 0. The molecule has 0 spiro atoms. The van der Waals surface area contributed by atoms with Gasteiger partial charge in [-0.2, -0.15) is 0 Å². The molecule has 1 aliphatic rings. The van der Waals surface area contributed by atoms with Crippen molar-refractivity contribution < 1.29 is 4.74 Å². The first-order chi connectivity index (χ1) is 9.22. The highest BCUT2D eigenvalue weighted by molar-refractivity contribution is 5.24. The number of benzene rings is 1. The van der Waals surface area contributed by atoms with Crippen LogP contribution in [-0.2, 0) is 4.74 Å². The third-order valence-corrected chi connectivity index (χ3v) is 4.06. The van der Waals surface area contributed by atoms with Gasteiger partial charge in [0, 0.05) is 26.2 Å². The fourth-order valence-corrected chi connectivity index (χ4v) is 2.79. The Hall–Kier alpha value is -0.900. The van der Waals surface area contributed by atoms with E-state index in [1.165, 1.54) is 30.5 Å². The fraction of sp³-hybridized carbons (Fsp3) is 0.625. The summed E-state index contributed by atoms with van der Waals surface area (Å²) in [6.45, 7) is 5.43. The predicted octanol–water partition coefficient (Wildman–Crippen LogP) is 2.37. The molecule has 3 nitrogen and oxygen atoms in total. The number of hydrogen-bond acceptors (Lipinski definition) is 3. The monoisotopic (exact) mass is 262 g/mol. The molecule has 1 fully saturated rings. The number of likely N-dealkylation sites (N-methyl/N-ethyl adjacent to an activating group) is 1. The van der Waals surface area contributed by atoms with Crippen LogP contribution in [0, 0.1) is 6.92 Å². The molecule has 0 aromatic heterocycles. The van der Waals surface area contributed by atoms with Gasteiger partial charge in [-0.25, -0.2) is 0 Å². The predicted molar refractivity (Wildman–Crippen MR) is 79.5 cm³/mol. The van der Waals surface area contributed by atoms with Gasteiger partial charge in [0.05, 0.1) is 6.10 Å². The van der Waals surface area contributed by atoms with E-state index in [4.69, 9.17) is 4.74 Å². The van der Waals surface area contributed by atoms with Crippen LogP contribution in [0.3, 0.4) is 0 Å². The number of ether oxygens (including phenoxy) is 1. The molecule has 0 bridgehead atoms. The van der Waals surface area contributed by atoms with Crippen LogP contribution in [-0.4, -0.2) is 44.8 Å². The minimum atomic E-state index is 0.399. The Morgan fingerprint density at radius 2 is 2.11 bits per heavy atom. The lowest BCUT2D eigenvalue weighted by molar-refractivity contribution is 0.0283. The number of aryl methyl sites for hydroxylation is 1. The minimum Gasteiger partial charge on any atom is -0.380 e. The number of piperidine rings is 1. The van der Waals surface area contributed by atoms with Gasteiger partial charge in [0.15, 0.2) is 0 Å². The lowest BCUT2D eigenvalue weighted by atomic mass is 10.0. The normalized spacial score (nSPS) is 22.4. The van der Waals surface area contributed by atoms with Gasteiger partial charge in [-0.3, -0.25) is 4.90 Å². The summed E-state index contributed by atoms with van der Waals surface area (Å²) in [6.07, 6.45) is 2.84. The van der Waals surface area contributed by atoms with E-state index in [1.54, 1.807) is 0 Å². The van der Waals surface area contributed by atoms with Crippen molar-refractivity contribution in [2.24, 2.45) is 0 Å². The summed E-state index contributed by atoms with van der Waals surface area (Å²) < 4.78 is 5.50. The Kier molecular flexibility index (Phi) is 5.37. The lowest BCUT2D eigenvalue weighted by Crippen LogP contribution is -2.43. The second-order valence-electron chi connectivity index (χ2n) is 5.51. The summed E-state index contributed by atoms with van der Waals surface area (Å²) in [6, 6.07) is 9.24. The summed E-state index contributed by atoms with van der Waals surface area (Å²) in [5, 5.41) is 3.44. The highest BCUT2D eigenvalue weighted by Crippen LogP contribution is 2.19. The SMILES string of the molecule is CNC(CN1CCCC(OC)C1)c1ccc(C)cc1. The van der Waals surface area contributed by atoms with Crippen molar-refractivity contribution in [1.29, 1.82) is 0 Å². The van der Waals surface area contributed by atoms with Gasteiger partial charge in [0.1, 0.15) is 0 Å². The number of rotatable bonds is 5. The Balaban J connectivity index is 1.96. The highest BCUT2D eigenvalue weighted by atomic mass is 16.5. The van der Waals surface area contributed by atoms with Gasteiger partial charge in [-0.05, 0) is 38.9 Å². The molecular formula is C16H26N2O. The van der Waals surface area contributed by atoms with Crippen molar-refractivity contribution in [3.63, 3.8) is 0 Å². The van der Waals surface area contributed by atoms with E-state index < -0.39 is 0 Å². The maximum absolute atomic E-state index is 5.50. The molecule has 1 heterocycles. The van der Waals surface area contributed by atoms with E-state index in [0.29, 0.717) is 12.1 Å². The van der Waals surface area contributed by atoms with Gasteiger partial charge in [0.2, 0.25) is 0 Å². The molecule has 0 amide bonds. The van der Waals surface area contributed by atoms with Crippen LogP contribution in [0.4, 0.5) is 0 Å². The first-order valence-corrected chi connectivity index (χ1v) is 7.22. The summed E-state index contributed by atoms with van der Waals surface area (Å²) in [4.78, 5) is 2.51. The zero-order valence-corrected chi connectivity index (χ0v) is 12.4. The molecule has 1 saturated heterocycles. The first-order valence-electron chi connectivity index (χ1n) is 7.22. The van der Waals surface area contributed by atoms with Gasteiger partial charge < -0.3 is 10.1 Å². The topological polar surface area (TPSA) is 24.5 Å². The van der Waals surface area contributed by atoms with Crippen LogP contribution in [0.25, 0.3) is 0 Å². The maximum Gasteiger partial charge on any atom is 0.0698 e. The molecule has 0 radical (unpaired) electrons. The zero-order chi connectivity index (χ0) is 13.7. The van der Waals surface area contributed by atoms with Crippen LogP contribution in [0.15, 0.2) is 24.3 Å². The van der Waals surface area contributed by atoms with Crippen LogP contribution in [0.2, 0.25) is 0 Å². The molecule has 1 N–H and O–H groups in total. The zero-order valence-electron chi connectivity index (χ0n) is 12.4. The standard InChI is InChI=1S/C16H26N2O/c1-13-6-8-14(9-7-13)16(17-2)12-18-10-4-5-15(11-18)19-3/h6-9,15-17H,4-5,10-12H2,1-3H3. The van der Waals surface area contributed by atoms with E-state index in [2.05, 4.69) is 41.4 Å². The van der Waals surface area contributed by atoms with Gasteiger partial charge in [-0.1, -0.05) is 29.8 Å². The number of nitrogens with zero attached hydrogens (tertiary/aromatic N) is 1. The van der Waals surface area contributed by atoms with E-state index in [0.717, 1.165) is 13.1 Å². The molecule has 2 unspecified atom stereocenters. The third-order valence-electron chi connectivity index (χ3n) is 4.06. The number of nitrogens with one attached hydrogen (secondary N) is 1. The Labute approximate surface area is 116 Å². The molecular weight excluding hydrogens is 236 g/mol. The molecule has 2 atom stereocenters. The van der Waals surface area contributed by atoms with Crippen molar-refractivity contribution in [1.82, 2.24) is 10.2 Å². The molecule has 106 valence electrons. The maximum atomic E-state index is 5.50. The third kappa shape index (κ3) is 4.03. The first kappa shape index (κ1) is 14.5. The van der Waals surface area contributed by atoms with Crippen LogP contribution >= 0.6 is 0 Å². The average Bonchev–Trinajstić information content (AvgIpc) is 2.46. The number of methoxy groups -OCH3 is 1. The van der Waals surface area contributed by atoms with E-state index >= 15 is 0 Å². The van der Waals surface area contributed by atoms with Crippen LogP contribution in [0.1, 0.15) is 30.0 Å². The highest BCUT2D eigenvalue weighted by Gasteiger charge is 2.22. The largest absolute Gasteiger partial charge is 0.380 e. The summed E-state index contributed by atoms with van der Waals surface area (Å²) in [7, 11) is 3.87. The summed E-state index contributed by atoms with van der Waals surface area (Å²) in [5.74, 6) is 0. The number of hydrogen-bond donors (Lipinski definition) is 1. The Bertz CT molecular complexity index is 377. The number of likely N-dealkylation sites (tertiary alicyclic amines) is 1. The van der Waals surface area contributed by atoms with Crippen LogP contribution in [0.5, 0.6) is 0 Å². The second kappa shape index (κ2) is 7.04. The van der Waals surface area contributed by atoms with Crippen molar-refractivity contribution in [3.8, 4) is 0 Å². The van der Waals surface area contributed by atoms with Crippen molar-refractivity contribution in [2.75, 3.05) is 33.8 Å². The van der Waals surface area contributed by atoms with Crippen molar-refractivity contribution in [3.05, 3.63) is 35.4 Å². The van der Waals surface area contributed by atoms with Gasteiger partial charge in [-0.15, -0.1) is 0 Å². The Morgan fingerprint density at radius 1 is 1.37 bits per heavy atom. The molecule has 1 aromatic carbocycles. The molecule has 1 aliphatic heterocycles. The van der Waals surface area contributed by atoms with E-state index in [9.17, 15) is 0 Å². The van der Waals surface area contributed by atoms with E-state index in [1.807, 2.05) is 14.2 Å². The summed E-state index contributed by atoms with van der Waals surface area (Å²) in [5.41, 5.74) is 2.68. The lowest BCUT2D eigenvalue weighted by Gasteiger charge is -2.34. The average molecular weight is 262 g/mol. The second-order valence-corrected chi connectivity index (χ2v) is 5.51. The van der Waals surface area contributed by atoms with Gasteiger partial charge >= 0.3 is 0 Å². The van der Waals surface area contributed by atoms with Gasteiger partial charge in [0.25, 0.3) is 0 Å². The Morgan fingerprint density at radius 3 is 2.74 bits per heavy atom. The molecule has 1 aromatic rings. The molecule has 0 aliphatic carbocycles. The van der Waals surface area contributed by atoms with E-state index in [-0.39, 0.29) is 0 Å². The fourth-order valence-electron chi connectivity index (χ4n) is 2.79.